The van der Waals surface area contributed by atoms with Crippen molar-refractivity contribution in [1.29, 1.82) is 0 Å². The number of halogens is 2. The molecule has 1 saturated heterocycles. The molecule has 0 N–H and O–H groups in total. The number of hydrogen-bond acceptors (Lipinski definition) is 2. The monoisotopic (exact) mass is 451 g/mol. The lowest BCUT2D eigenvalue weighted by Gasteiger charge is -2.37. The summed E-state index contributed by atoms with van der Waals surface area (Å²) in [5, 5.41) is 0.829. The molecule has 1 aromatic rings. The fraction of sp³-hybridized carbons (Fsp3) is 0.588. The van der Waals surface area contributed by atoms with E-state index in [9.17, 15) is 0 Å². The molecule has 6 heteroatoms. The van der Waals surface area contributed by atoms with Crippen LogP contribution in [0.15, 0.2) is 29.3 Å². The molecule has 1 aliphatic rings. The van der Waals surface area contributed by atoms with Gasteiger partial charge in [0.15, 0.2) is 5.96 Å². The zero-order valence-corrected chi connectivity index (χ0v) is 17.5. The minimum absolute atomic E-state index is 0. The van der Waals surface area contributed by atoms with E-state index < -0.39 is 0 Å². The first-order valence-corrected chi connectivity index (χ1v) is 8.06. The van der Waals surface area contributed by atoms with E-state index in [0.29, 0.717) is 0 Å². The van der Waals surface area contributed by atoms with Crippen molar-refractivity contribution in [3.63, 3.8) is 0 Å². The van der Waals surface area contributed by atoms with Gasteiger partial charge in [0.2, 0.25) is 0 Å². The molecular formula is C17H27ClIN3O. The van der Waals surface area contributed by atoms with Crippen molar-refractivity contribution >= 4 is 41.5 Å². The number of ether oxygens (including phenoxy) is 1. The highest BCUT2D eigenvalue weighted by Gasteiger charge is 2.36. The molecule has 0 saturated carbocycles. The van der Waals surface area contributed by atoms with Crippen LogP contribution in [0.1, 0.15) is 18.4 Å². The second-order valence-electron chi connectivity index (χ2n) is 6.28. The molecule has 1 aromatic carbocycles. The van der Waals surface area contributed by atoms with Crippen LogP contribution in [0.3, 0.4) is 0 Å². The summed E-state index contributed by atoms with van der Waals surface area (Å²) in [5.74, 6) is 0.970. The van der Waals surface area contributed by atoms with Crippen molar-refractivity contribution in [3.8, 4) is 0 Å². The predicted octanol–water partition coefficient (Wildman–Crippen LogP) is 3.49. The molecule has 130 valence electrons. The van der Waals surface area contributed by atoms with Gasteiger partial charge in [-0.25, -0.2) is 0 Å². The highest BCUT2D eigenvalue weighted by atomic mass is 127. The Morgan fingerprint density at radius 1 is 1.13 bits per heavy atom. The van der Waals surface area contributed by atoms with Gasteiger partial charge in [0.05, 0.1) is 6.54 Å². The van der Waals surface area contributed by atoms with Crippen LogP contribution >= 0.6 is 35.6 Å². The van der Waals surface area contributed by atoms with Crippen LogP contribution in [-0.2, 0) is 10.2 Å². The highest BCUT2D eigenvalue weighted by molar-refractivity contribution is 14.0. The summed E-state index contributed by atoms with van der Waals surface area (Å²) in [6.45, 7) is 2.26. The first-order chi connectivity index (χ1) is 10.5. The van der Waals surface area contributed by atoms with Gasteiger partial charge >= 0.3 is 0 Å². The van der Waals surface area contributed by atoms with E-state index in [2.05, 4.69) is 12.1 Å². The first-order valence-electron chi connectivity index (χ1n) is 7.68. The van der Waals surface area contributed by atoms with Crippen molar-refractivity contribution in [1.82, 2.24) is 9.80 Å². The van der Waals surface area contributed by atoms with Gasteiger partial charge in [-0.05, 0) is 24.5 Å². The van der Waals surface area contributed by atoms with Crippen molar-refractivity contribution in [3.05, 3.63) is 34.9 Å². The second kappa shape index (κ2) is 9.08. The van der Waals surface area contributed by atoms with E-state index in [4.69, 9.17) is 21.3 Å². The molecule has 0 atom stereocenters. The van der Waals surface area contributed by atoms with E-state index in [1.165, 1.54) is 5.56 Å². The average Bonchev–Trinajstić information content (AvgIpc) is 2.48. The van der Waals surface area contributed by atoms with Crippen molar-refractivity contribution in [2.45, 2.75) is 18.3 Å². The summed E-state index contributed by atoms with van der Waals surface area (Å²) in [5.41, 5.74) is 1.16. The lowest BCUT2D eigenvalue weighted by Crippen LogP contribution is -2.40. The standard InChI is InChI=1S/C17H26ClN3O.HI/c1-20(2)16(21(3)4)19-13-17(9-11-22-12-10-17)14-7-5-6-8-15(14)18;/h5-8H,9-13H2,1-4H3;1H. The Morgan fingerprint density at radius 2 is 1.70 bits per heavy atom. The Bertz CT molecular complexity index is 518. The molecule has 0 aromatic heterocycles. The summed E-state index contributed by atoms with van der Waals surface area (Å²) in [6.07, 6.45) is 1.91. The largest absolute Gasteiger partial charge is 0.381 e. The highest BCUT2D eigenvalue weighted by Crippen LogP contribution is 2.38. The molecule has 0 aliphatic carbocycles. The van der Waals surface area contributed by atoms with Gasteiger partial charge in [-0.2, -0.15) is 0 Å². The van der Waals surface area contributed by atoms with Crippen LogP contribution in [0.25, 0.3) is 0 Å². The molecule has 1 aliphatic heterocycles. The topological polar surface area (TPSA) is 28.1 Å². The number of guanidine groups is 1. The Hall–Kier alpha value is -0.530. The number of nitrogens with zero attached hydrogens (tertiary/aromatic N) is 3. The van der Waals surface area contributed by atoms with Crippen LogP contribution in [-0.4, -0.2) is 63.7 Å². The Kier molecular flexibility index (Phi) is 8.10. The maximum atomic E-state index is 6.48. The second-order valence-corrected chi connectivity index (χ2v) is 6.68. The predicted molar refractivity (Wildman–Crippen MR) is 108 cm³/mol. The maximum Gasteiger partial charge on any atom is 0.195 e. The van der Waals surface area contributed by atoms with E-state index in [1.54, 1.807) is 0 Å². The number of rotatable bonds is 3. The Labute approximate surface area is 161 Å². The third kappa shape index (κ3) is 4.97. The van der Waals surface area contributed by atoms with Crippen molar-refractivity contribution in [2.24, 2.45) is 4.99 Å². The van der Waals surface area contributed by atoms with Gasteiger partial charge < -0.3 is 14.5 Å². The smallest absolute Gasteiger partial charge is 0.195 e. The molecule has 0 bridgehead atoms. The van der Waals surface area contributed by atoms with E-state index in [-0.39, 0.29) is 29.4 Å². The zero-order chi connectivity index (χ0) is 16.2. The fourth-order valence-corrected chi connectivity index (χ4v) is 3.41. The maximum absolute atomic E-state index is 6.48. The molecule has 1 fully saturated rings. The molecule has 1 heterocycles. The van der Waals surface area contributed by atoms with Gasteiger partial charge in [0.25, 0.3) is 0 Å². The summed E-state index contributed by atoms with van der Waals surface area (Å²) in [6, 6.07) is 8.14. The van der Waals surface area contributed by atoms with Crippen molar-refractivity contribution in [2.75, 3.05) is 47.9 Å². The summed E-state index contributed by atoms with van der Waals surface area (Å²) < 4.78 is 5.58. The van der Waals surface area contributed by atoms with Crippen LogP contribution in [0.4, 0.5) is 0 Å². The Balaban J connectivity index is 0.00000264. The number of hydrogen-bond donors (Lipinski definition) is 0. The molecule has 23 heavy (non-hydrogen) atoms. The first kappa shape index (κ1) is 20.5. The summed E-state index contributed by atoms with van der Waals surface area (Å²) in [7, 11) is 8.08. The van der Waals surface area contributed by atoms with Crippen LogP contribution in [0, 0.1) is 0 Å². The average molecular weight is 452 g/mol. The van der Waals surface area contributed by atoms with Crippen LogP contribution in [0.5, 0.6) is 0 Å². The van der Waals surface area contributed by atoms with E-state index in [1.807, 2.05) is 50.1 Å². The molecule has 0 radical (unpaired) electrons. The van der Waals surface area contributed by atoms with Crippen LogP contribution in [0.2, 0.25) is 5.02 Å². The van der Waals surface area contributed by atoms with Gasteiger partial charge in [-0.3, -0.25) is 4.99 Å². The minimum atomic E-state index is -0.0339. The van der Waals surface area contributed by atoms with Gasteiger partial charge in [0, 0.05) is 51.8 Å². The number of aliphatic imine (C=N–C) groups is 1. The normalized spacial score (nSPS) is 16.2. The molecule has 0 spiro atoms. The van der Waals surface area contributed by atoms with E-state index >= 15 is 0 Å². The third-order valence-electron chi connectivity index (χ3n) is 4.22. The molecule has 4 nitrogen and oxygen atoms in total. The van der Waals surface area contributed by atoms with Gasteiger partial charge in [-0.15, -0.1) is 24.0 Å². The molecule has 2 rings (SSSR count). The lowest BCUT2D eigenvalue weighted by atomic mass is 9.74. The summed E-state index contributed by atoms with van der Waals surface area (Å²) in [4.78, 5) is 8.97. The molecular weight excluding hydrogens is 425 g/mol. The zero-order valence-electron chi connectivity index (χ0n) is 14.4. The van der Waals surface area contributed by atoms with Gasteiger partial charge in [-0.1, -0.05) is 29.8 Å². The minimum Gasteiger partial charge on any atom is -0.381 e. The molecule has 0 amide bonds. The van der Waals surface area contributed by atoms with Crippen LogP contribution < -0.4 is 0 Å². The number of benzene rings is 1. The van der Waals surface area contributed by atoms with E-state index in [0.717, 1.165) is 43.6 Å². The fourth-order valence-electron chi connectivity index (χ4n) is 3.07. The van der Waals surface area contributed by atoms with Gasteiger partial charge in [0.1, 0.15) is 0 Å². The van der Waals surface area contributed by atoms with Crippen molar-refractivity contribution < 1.29 is 4.74 Å². The SMILES string of the molecule is CN(C)C(=NCC1(c2ccccc2Cl)CCOCC1)N(C)C.I. The lowest BCUT2D eigenvalue weighted by molar-refractivity contribution is 0.0530. The quantitative estimate of drug-likeness (QED) is 0.400. The Morgan fingerprint density at radius 3 is 2.22 bits per heavy atom. The molecule has 0 unspecified atom stereocenters. The third-order valence-corrected chi connectivity index (χ3v) is 4.55. The summed E-state index contributed by atoms with van der Waals surface area (Å²) >= 11 is 6.48.